The number of aliphatic hydroxyl groups excluding tert-OH is 2. The SMILES string of the molecule is COC(=O)[C@@H](CO)NC(=O)[C@@H](CO)NC(=O)OCc1ccccc1. The van der Waals surface area contributed by atoms with Crippen LogP contribution in [0.3, 0.4) is 0 Å². The number of aliphatic hydroxyl groups is 2. The largest absolute Gasteiger partial charge is 0.467 e. The smallest absolute Gasteiger partial charge is 0.408 e. The van der Waals surface area contributed by atoms with Gasteiger partial charge in [-0.15, -0.1) is 0 Å². The number of hydrogen-bond donors (Lipinski definition) is 4. The highest BCUT2D eigenvalue weighted by Crippen LogP contribution is 2.01. The van der Waals surface area contributed by atoms with Crippen LogP contribution in [0, 0.1) is 0 Å². The molecule has 0 heterocycles. The van der Waals surface area contributed by atoms with Gasteiger partial charge in [0.1, 0.15) is 12.6 Å². The summed E-state index contributed by atoms with van der Waals surface area (Å²) < 4.78 is 9.33. The summed E-state index contributed by atoms with van der Waals surface area (Å²) in [5.41, 5.74) is 0.753. The molecule has 24 heavy (non-hydrogen) atoms. The Kier molecular flexibility index (Phi) is 8.23. The predicted molar refractivity (Wildman–Crippen MR) is 81.7 cm³/mol. The molecule has 2 amide bonds. The molecule has 0 saturated carbocycles. The van der Waals surface area contributed by atoms with Crippen LogP contribution < -0.4 is 10.6 Å². The number of hydrogen-bond acceptors (Lipinski definition) is 7. The monoisotopic (exact) mass is 340 g/mol. The van der Waals surface area contributed by atoms with E-state index in [2.05, 4.69) is 15.4 Å². The first-order valence-electron chi connectivity index (χ1n) is 7.09. The zero-order chi connectivity index (χ0) is 17.9. The Hall–Kier alpha value is -2.65. The number of carbonyl (C=O) groups excluding carboxylic acids is 3. The molecule has 9 nitrogen and oxygen atoms in total. The molecule has 0 saturated heterocycles. The quantitative estimate of drug-likeness (QED) is 0.442. The van der Waals surface area contributed by atoms with Crippen molar-refractivity contribution in [3.8, 4) is 0 Å². The van der Waals surface area contributed by atoms with Crippen LogP contribution in [-0.2, 0) is 25.7 Å². The van der Waals surface area contributed by atoms with Gasteiger partial charge in [0, 0.05) is 0 Å². The van der Waals surface area contributed by atoms with Crippen molar-refractivity contribution in [2.75, 3.05) is 20.3 Å². The van der Waals surface area contributed by atoms with Crippen LogP contribution in [0.25, 0.3) is 0 Å². The summed E-state index contributed by atoms with van der Waals surface area (Å²) in [6, 6.07) is 6.25. The van der Waals surface area contributed by atoms with Crippen LogP contribution in [0.15, 0.2) is 30.3 Å². The van der Waals surface area contributed by atoms with E-state index in [9.17, 15) is 19.5 Å². The van der Waals surface area contributed by atoms with E-state index >= 15 is 0 Å². The molecule has 0 radical (unpaired) electrons. The molecule has 1 rings (SSSR count). The molecule has 9 heteroatoms. The fraction of sp³-hybridized carbons (Fsp3) is 0.400. The lowest BCUT2D eigenvalue weighted by molar-refractivity contribution is -0.146. The molecule has 0 fully saturated rings. The maximum atomic E-state index is 11.9. The molecule has 1 aromatic carbocycles. The van der Waals surface area contributed by atoms with Gasteiger partial charge in [-0.1, -0.05) is 30.3 Å². The number of methoxy groups -OCH3 is 1. The maximum Gasteiger partial charge on any atom is 0.408 e. The lowest BCUT2D eigenvalue weighted by Crippen LogP contribution is -2.54. The minimum Gasteiger partial charge on any atom is -0.467 e. The summed E-state index contributed by atoms with van der Waals surface area (Å²) in [4.78, 5) is 34.9. The van der Waals surface area contributed by atoms with E-state index in [0.29, 0.717) is 0 Å². The fourth-order valence-electron chi connectivity index (χ4n) is 1.69. The van der Waals surface area contributed by atoms with Crippen LogP contribution >= 0.6 is 0 Å². The predicted octanol–water partition coefficient (Wildman–Crippen LogP) is -1.08. The van der Waals surface area contributed by atoms with Gasteiger partial charge in [0.15, 0.2) is 6.04 Å². The van der Waals surface area contributed by atoms with E-state index in [4.69, 9.17) is 9.84 Å². The van der Waals surface area contributed by atoms with E-state index < -0.39 is 43.3 Å². The third-order valence-electron chi connectivity index (χ3n) is 2.99. The highest BCUT2D eigenvalue weighted by Gasteiger charge is 2.26. The third kappa shape index (κ3) is 6.23. The molecule has 0 aromatic heterocycles. The highest BCUT2D eigenvalue weighted by atomic mass is 16.5. The second-order valence-electron chi connectivity index (χ2n) is 4.71. The van der Waals surface area contributed by atoms with Gasteiger partial charge in [0.05, 0.1) is 20.3 Å². The Morgan fingerprint density at radius 3 is 2.21 bits per heavy atom. The van der Waals surface area contributed by atoms with Gasteiger partial charge < -0.3 is 30.3 Å². The minimum atomic E-state index is -1.34. The van der Waals surface area contributed by atoms with E-state index in [-0.39, 0.29) is 6.61 Å². The third-order valence-corrected chi connectivity index (χ3v) is 2.99. The summed E-state index contributed by atoms with van der Waals surface area (Å²) in [6.07, 6.45) is -0.910. The number of benzene rings is 1. The first kappa shape index (κ1) is 19.4. The Labute approximate surface area is 138 Å². The van der Waals surface area contributed by atoms with Crippen molar-refractivity contribution >= 4 is 18.0 Å². The van der Waals surface area contributed by atoms with Crippen molar-refractivity contribution in [2.45, 2.75) is 18.7 Å². The van der Waals surface area contributed by atoms with E-state index in [1.165, 1.54) is 0 Å². The molecule has 0 aliphatic rings. The van der Waals surface area contributed by atoms with Crippen molar-refractivity contribution in [2.24, 2.45) is 0 Å². The number of nitrogens with one attached hydrogen (secondary N) is 2. The Morgan fingerprint density at radius 2 is 1.67 bits per heavy atom. The minimum absolute atomic E-state index is 0.00608. The molecular formula is C15H20N2O7. The number of rotatable bonds is 8. The van der Waals surface area contributed by atoms with Crippen LogP contribution in [0.2, 0.25) is 0 Å². The molecule has 2 atom stereocenters. The average molecular weight is 340 g/mol. The molecule has 1 aromatic rings. The number of amides is 2. The molecule has 132 valence electrons. The van der Waals surface area contributed by atoms with Crippen LogP contribution in [0.5, 0.6) is 0 Å². The van der Waals surface area contributed by atoms with Gasteiger partial charge >= 0.3 is 12.1 Å². The topological polar surface area (TPSA) is 134 Å². The summed E-state index contributed by atoms with van der Waals surface area (Å²) in [5.74, 6) is -1.71. The molecule has 4 N–H and O–H groups in total. The van der Waals surface area contributed by atoms with Crippen molar-refractivity contribution in [3.05, 3.63) is 35.9 Å². The number of esters is 1. The van der Waals surface area contributed by atoms with Gasteiger partial charge in [-0.3, -0.25) is 4.79 Å². The normalized spacial score (nSPS) is 12.6. The van der Waals surface area contributed by atoms with Crippen molar-refractivity contribution in [1.29, 1.82) is 0 Å². The van der Waals surface area contributed by atoms with E-state index in [1.807, 2.05) is 6.07 Å². The average Bonchev–Trinajstić information content (AvgIpc) is 2.62. The molecule has 0 unspecified atom stereocenters. The Balaban J connectivity index is 2.51. The molecule has 0 aliphatic carbocycles. The zero-order valence-electron chi connectivity index (χ0n) is 13.1. The van der Waals surface area contributed by atoms with Gasteiger partial charge in [-0.25, -0.2) is 9.59 Å². The van der Waals surface area contributed by atoms with Crippen molar-refractivity contribution in [1.82, 2.24) is 10.6 Å². The van der Waals surface area contributed by atoms with Crippen LogP contribution in [0.4, 0.5) is 4.79 Å². The van der Waals surface area contributed by atoms with Crippen LogP contribution in [-0.4, -0.2) is 60.6 Å². The van der Waals surface area contributed by atoms with Crippen LogP contribution in [0.1, 0.15) is 5.56 Å². The summed E-state index contributed by atoms with van der Waals surface area (Å²) >= 11 is 0. The summed E-state index contributed by atoms with van der Waals surface area (Å²) in [7, 11) is 1.10. The zero-order valence-corrected chi connectivity index (χ0v) is 13.1. The van der Waals surface area contributed by atoms with Gasteiger partial charge in [0.25, 0.3) is 0 Å². The fourth-order valence-corrected chi connectivity index (χ4v) is 1.69. The Morgan fingerprint density at radius 1 is 1.04 bits per heavy atom. The summed E-state index contributed by atoms with van der Waals surface area (Å²) in [5, 5.41) is 22.6. The van der Waals surface area contributed by atoms with Crippen molar-refractivity contribution in [3.63, 3.8) is 0 Å². The molecule has 0 spiro atoms. The first-order valence-corrected chi connectivity index (χ1v) is 7.09. The van der Waals surface area contributed by atoms with Gasteiger partial charge in [-0.05, 0) is 5.56 Å². The van der Waals surface area contributed by atoms with E-state index in [0.717, 1.165) is 12.7 Å². The lowest BCUT2D eigenvalue weighted by Gasteiger charge is -2.19. The molecule has 0 aliphatic heterocycles. The number of ether oxygens (including phenoxy) is 2. The number of alkyl carbamates (subject to hydrolysis) is 1. The second-order valence-corrected chi connectivity index (χ2v) is 4.71. The molecule has 0 bridgehead atoms. The maximum absolute atomic E-state index is 11.9. The van der Waals surface area contributed by atoms with E-state index in [1.54, 1.807) is 24.3 Å². The van der Waals surface area contributed by atoms with Crippen molar-refractivity contribution < 1.29 is 34.1 Å². The van der Waals surface area contributed by atoms with Gasteiger partial charge in [0.2, 0.25) is 5.91 Å². The van der Waals surface area contributed by atoms with Gasteiger partial charge in [-0.2, -0.15) is 0 Å². The first-order chi connectivity index (χ1) is 11.5. The summed E-state index contributed by atoms with van der Waals surface area (Å²) in [6.45, 7) is -1.41. The number of carbonyl (C=O) groups is 3. The highest BCUT2D eigenvalue weighted by molar-refractivity contribution is 5.89. The Bertz CT molecular complexity index is 550. The standard InChI is InChI=1S/C15H20N2O7/c1-23-14(21)12(8-19)16-13(20)11(7-18)17-15(22)24-9-10-5-3-2-4-6-10/h2-6,11-12,18-19H,7-9H2,1H3,(H,16,20)(H,17,22)/t11-,12-/m1/s1. The second kappa shape index (κ2) is 10.2. The molecular weight excluding hydrogens is 320 g/mol. The lowest BCUT2D eigenvalue weighted by atomic mass is 10.2.